The molecule has 0 unspecified atom stereocenters. The lowest BCUT2D eigenvalue weighted by Crippen LogP contribution is -2.29. The van der Waals surface area contributed by atoms with Gasteiger partial charge in [0.25, 0.3) is 0 Å². The number of rotatable bonds is 4. The molecule has 0 amide bonds. The second-order valence-corrected chi connectivity index (χ2v) is 9.77. The van der Waals surface area contributed by atoms with Gasteiger partial charge in [-0.15, -0.1) is 0 Å². The number of benzene rings is 5. The van der Waals surface area contributed by atoms with E-state index in [0.717, 1.165) is 12.2 Å². The van der Waals surface area contributed by atoms with E-state index in [2.05, 4.69) is 121 Å². The minimum Gasteiger partial charge on any atom is -0.489 e. The average molecular weight is 454 g/mol. The summed E-state index contributed by atoms with van der Waals surface area (Å²) in [4.78, 5) is 0. The van der Waals surface area contributed by atoms with Crippen molar-refractivity contribution in [2.24, 2.45) is 5.92 Å². The first-order valence-electron chi connectivity index (χ1n) is 12.5. The van der Waals surface area contributed by atoms with E-state index < -0.39 is 0 Å². The Morgan fingerprint density at radius 1 is 0.743 bits per heavy atom. The Labute approximate surface area is 205 Å². The number of hydrogen-bond acceptors (Lipinski definition) is 2. The summed E-state index contributed by atoms with van der Waals surface area (Å²) in [5.41, 5.74) is 5.22. The van der Waals surface area contributed by atoms with Crippen molar-refractivity contribution in [3.63, 3.8) is 0 Å². The number of hydrogen-bond donors (Lipinski definition) is 1. The second kappa shape index (κ2) is 8.32. The van der Waals surface area contributed by atoms with E-state index in [1.54, 1.807) is 0 Å². The molecule has 1 aliphatic heterocycles. The van der Waals surface area contributed by atoms with Gasteiger partial charge >= 0.3 is 0 Å². The van der Waals surface area contributed by atoms with Crippen LogP contribution >= 0.6 is 0 Å². The van der Waals surface area contributed by atoms with Crippen LogP contribution in [0.15, 0.2) is 115 Å². The maximum absolute atomic E-state index is 6.15. The van der Waals surface area contributed by atoms with Gasteiger partial charge in [-0.2, -0.15) is 0 Å². The molecule has 1 aliphatic carbocycles. The number of anilines is 1. The number of ether oxygens (including phenoxy) is 1. The highest BCUT2D eigenvalue weighted by Crippen LogP contribution is 2.51. The standard InChI is InChI=1S/C33H27NO/c1-2-8-26-20-22(12-13-23(26)6-1)21-35-27-17-14-25(15-18-27)32-30-11-5-10-29(30)31-19-16-24-7-3-4-9-28(24)33(31)34-32/h1-10,12-20,29-30,32,34H,11,21H2/t29-,30+,32+/m1/s1. The van der Waals surface area contributed by atoms with Gasteiger partial charge in [0.15, 0.2) is 0 Å². The van der Waals surface area contributed by atoms with Crippen molar-refractivity contribution in [3.05, 3.63) is 132 Å². The van der Waals surface area contributed by atoms with Crippen LogP contribution in [-0.2, 0) is 6.61 Å². The predicted octanol–water partition coefficient (Wildman–Crippen LogP) is 8.40. The van der Waals surface area contributed by atoms with Gasteiger partial charge in [0.05, 0.1) is 6.04 Å². The smallest absolute Gasteiger partial charge is 0.119 e. The van der Waals surface area contributed by atoms with Gasteiger partial charge in [-0.05, 0) is 63.4 Å². The SMILES string of the molecule is C1=C[C@H]2c3ccc4ccccc4c3N[C@@H](c3ccc(OCc4ccc5ccccc5c4)cc3)[C@H]2C1. The van der Waals surface area contributed by atoms with Crippen LogP contribution in [0.2, 0.25) is 0 Å². The van der Waals surface area contributed by atoms with Crippen molar-refractivity contribution >= 4 is 27.2 Å². The monoisotopic (exact) mass is 453 g/mol. The van der Waals surface area contributed by atoms with Gasteiger partial charge < -0.3 is 10.1 Å². The minimum atomic E-state index is 0.280. The molecule has 2 heteroatoms. The molecule has 0 fully saturated rings. The Balaban J connectivity index is 1.14. The third kappa shape index (κ3) is 3.57. The van der Waals surface area contributed by atoms with Crippen molar-refractivity contribution in [3.8, 4) is 5.75 Å². The molecule has 2 nitrogen and oxygen atoms in total. The van der Waals surface area contributed by atoms with Crippen LogP contribution in [0.1, 0.15) is 35.1 Å². The molecule has 3 atom stereocenters. The summed E-state index contributed by atoms with van der Waals surface area (Å²) >= 11 is 0. The Morgan fingerprint density at radius 2 is 1.51 bits per heavy atom. The zero-order valence-electron chi connectivity index (χ0n) is 19.5. The van der Waals surface area contributed by atoms with Crippen LogP contribution in [0.5, 0.6) is 5.75 Å². The van der Waals surface area contributed by atoms with E-state index in [0.29, 0.717) is 18.4 Å². The van der Waals surface area contributed by atoms with Gasteiger partial charge in [0, 0.05) is 17.0 Å². The number of allylic oxidation sites excluding steroid dienone is 2. The van der Waals surface area contributed by atoms with E-state index in [9.17, 15) is 0 Å². The molecule has 5 aromatic carbocycles. The highest BCUT2D eigenvalue weighted by molar-refractivity contribution is 5.96. The maximum Gasteiger partial charge on any atom is 0.119 e. The lowest BCUT2D eigenvalue weighted by molar-refractivity contribution is 0.306. The van der Waals surface area contributed by atoms with Crippen molar-refractivity contribution < 1.29 is 4.74 Å². The first kappa shape index (κ1) is 20.3. The number of nitrogens with one attached hydrogen (secondary N) is 1. The van der Waals surface area contributed by atoms with Crippen molar-refractivity contribution in [1.29, 1.82) is 0 Å². The maximum atomic E-state index is 6.15. The lowest BCUT2D eigenvalue weighted by atomic mass is 9.76. The highest BCUT2D eigenvalue weighted by atomic mass is 16.5. The highest BCUT2D eigenvalue weighted by Gasteiger charge is 2.38. The van der Waals surface area contributed by atoms with Gasteiger partial charge in [0.2, 0.25) is 0 Å². The predicted molar refractivity (Wildman–Crippen MR) is 145 cm³/mol. The molecule has 0 saturated heterocycles. The van der Waals surface area contributed by atoms with E-state index in [4.69, 9.17) is 4.74 Å². The molecular formula is C33H27NO. The molecular weight excluding hydrogens is 426 g/mol. The number of fused-ring (bicyclic) bond motifs is 6. The largest absolute Gasteiger partial charge is 0.489 e. The van der Waals surface area contributed by atoms with Crippen molar-refractivity contribution in [1.82, 2.24) is 0 Å². The molecule has 0 spiro atoms. The molecule has 35 heavy (non-hydrogen) atoms. The zero-order valence-corrected chi connectivity index (χ0v) is 19.5. The topological polar surface area (TPSA) is 21.3 Å². The van der Waals surface area contributed by atoms with E-state index in [-0.39, 0.29) is 6.04 Å². The average Bonchev–Trinajstić information content (AvgIpc) is 3.42. The summed E-state index contributed by atoms with van der Waals surface area (Å²) in [6.45, 7) is 0.569. The Morgan fingerprint density at radius 3 is 2.40 bits per heavy atom. The summed E-state index contributed by atoms with van der Waals surface area (Å²) in [6, 6.07) is 37.2. The van der Waals surface area contributed by atoms with E-state index in [1.807, 2.05) is 0 Å². The van der Waals surface area contributed by atoms with Gasteiger partial charge in [-0.1, -0.05) is 97.1 Å². The molecule has 2 aliphatic rings. The molecule has 0 bridgehead atoms. The van der Waals surface area contributed by atoms with E-state index in [1.165, 1.54) is 43.9 Å². The molecule has 0 saturated carbocycles. The van der Waals surface area contributed by atoms with Gasteiger partial charge in [-0.25, -0.2) is 0 Å². The molecule has 170 valence electrons. The first-order chi connectivity index (χ1) is 17.3. The van der Waals surface area contributed by atoms with Crippen molar-refractivity contribution in [2.75, 3.05) is 5.32 Å². The summed E-state index contributed by atoms with van der Waals surface area (Å²) in [6.07, 6.45) is 5.87. The van der Waals surface area contributed by atoms with Crippen LogP contribution in [-0.4, -0.2) is 0 Å². The molecule has 0 aromatic heterocycles. The fourth-order valence-electron chi connectivity index (χ4n) is 5.94. The van der Waals surface area contributed by atoms with Crippen molar-refractivity contribution in [2.45, 2.75) is 25.0 Å². The first-order valence-corrected chi connectivity index (χ1v) is 12.5. The summed E-state index contributed by atoms with van der Waals surface area (Å²) in [5.74, 6) is 1.90. The fraction of sp³-hybridized carbons (Fsp3) is 0.152. The molecule has 1 heterocycles. The molecule has 1 N–H and O–H groups in total. The van der Waals surface area contributed by atoms with Crippen LogP contribution in [0, 0.1) is 5.92 Å². The van der Waals surface area contributed by atoms with E-state index >= 15 is 0 Å². The normalized spacial score (nSPS) is 20.4. The fourth-order valence-corrected chi connectivity index (χ4v) is 5.94. The molecule has 7 rings (SSSR count). The Kier molecular flexibility index (Phi) is 4.84. The van der Waals surface area contributed by atoms with Crippen LogP contribution < -0.4 is 10.1 Å². The second-order valence-electron chi connectivity index (χ2n) is 9.77. The summed E-state index contributed by atoms with van der Waals surface area (Å²) < 4.78 is 6.15. The summed E-state index contributed by atoms with van der Waals surface area (Å²) in [7, 11) is 0. The van der Waals surface area contributed by atoms with Crippen LogP contribution in [0.3, 0.4) is 0 Å². The third-order valence-corrected chi connectivity index (χ3v) is 7.72. The van der Waals surface area contributed by atoms with Gasteiger partial charge in [-0.3, -0.25) is 0 Å². The Hall–Kier alpha value is -4.04. The zero-order chi connectivity index (χ0) is 23.2. The third-order valence-electron chi connectivity index (χ3n) is 7.72. The Bertz CT molecular complexity index is 1570. The molecule has 5 aromatic rings. The van der Waals surface area contributed by atoms with Crippen LogP contribution in [0.25, 0.3) is 21.5 Å². The lowest BCUT2D eigenvalue weighted by Gasteiger charge is -2.38. The van der Waals surface area contributed by atoms with Crippen LogP contribution in [0.4, 0.5) is 5.69 Å². The summed E-state index contributed by atoms with van der Waals surface area (Å²) in [5, 5.41) is 9.05. The molecule has 0 radical (unpaired) electrons. The van der Waals surface area contributed by atoms with Gasteiger partial charge in [0.1, 0.15) is 12.4 Å². The quantitative estimate of drug-likeness (QED) is 0.276. The minimum absolute atomic E-state index is 0.280.